The maximum Gasteiger partial charge on any atom is 0.273 e. The maximum atomic E-state index is 12.1. The molecule has 1 amide bonds. The van der Waals surface area contributed by atoms with Crippen LogP contribution in [0.25, 0.3) is 0 Å². The van der Waals surface area contributed by atoms with Crippen LogP contribution < -0.4 is 5.32 Å². The Morgan fingerprint density at radius 3 is 3.04 bits per heavy atom. The fourth-order valence-corrected chi connectivity index (χ4v) is 4.09. The predicted octanol–water partition coefficient (Wildman–Crippen LogP) is 3.69. The molecule has 1 fully saturated rings. The van der Waals surface area contributed by atoms with Gasteiger partial charge in [0, 0.05) is 21.7 Å². The van der Waals surface area contributed by atoms with E-state index in [1.807, 2.05) is 29.0 Å². The first-order valence-electron chi connectivity index (χ1n) is 7.74. The summed E-state index contributed by atoms with van der Waals surface area (Å²) >= 11 is 3.05. The molecule has 4 rings (SSSR count). The van der Waals surface area contributed by atoms with Crippen molar-refractivity contribution < 1.29 is 14.4 Å². The Bertz CT molecular complexity index is 834. The largest absolute Gasteiger partial charge is 0.383 e. The van der Waals surface area contributed by atoms with Crippen molar-refractivity contribution in [1.29, 1.82) is 0 Å². The quantitative estimate of drug-likeness (QED) is 0.703. The fourth-order valence-electron chi connectivity index (χ4n) is 2.45. The van der Waals surface area contributed by atoms with Gasteiger partial charge in [0.25, 0.3) is 5.91 Å². The van der Waals surface area contributed by atoms with Crippen LogP contribution in [0.4, 0.5) is 0 Å². The average Bonchev–Trinajstić information content (AvgIpc) is 3.07. The Morgan fingerprint density at radius 2 is 2.29 bits per heavy atom. The maximum absolute atomic E-state index is 12.1. The lowest BCUT2D eigenvalue weighted by atomic mass is 10.2. The van der Waals surface area contributed by atoms with Gasteiger partial charge in [0.05, 0.1) is 6.54 Å². The molecule has 124 valence electrons. The summed E-state index contributed by atoms with van der Waals surface area (Å²) in [6.07, 6.45) is 1.61. The number of hydrogen-bond donors (Lipinski definition) is 2. The lowest BCUT2D eigenvalue weighted by molar-refractivity contribution is 0.0942. The van der Waals surface area contributed by atoms with Crippen molar-refractivity contribution in [2.24, 2.45) is 0 Å². The van der Waals surface area contributed by atoms with E-state index in [9.17, 15) is 9.90 Å². The molecule has 1 saturated carbocycles. The molecule has 3 aromatic rings. The van der Waals surface area contributed by atoms with E-state index in [4.69, 9.17) is 4.52 Å². The van der Waals surface area contributed by atoms with Crippen molar-refractivity contribution in [1.82, 2.24) is 10.5 Å². The molecule has 1 aliphatic carbocycles. The van der Waals surface area contributed by atoms with Gasteiger partial charge in [-0.3, -0.25) is 4.79 Å². The first-order valence-corrected chi connectivity index (χ1v) is 9.50. The minimum absolute atomic E-state index is 0.237. The molecule has 7 heteroatoms. The normalized spacial score (nSPS) is 15.4. The molecule has 0 spiro atoms. The topological polar surface area (TPSA) is 75.4 Å². The highest BCUT2D eigenvalue weighted by Crippen LogP contribution is 2.40. The molecule has 0 aromatic carbocycles. The van der Waals surface area contributed by atoms with E-state index < -0.39 is 6.10 Å². The molecule has 0 saturated heterocycles. The molecule has 0 bridgehead atoms. The molecule has 0 aliphatic heterocycles. The lowest BCUT2D eigenvalue weighted by Gasteiger charge is -2.05. The third-order valence-corrected chi connectivity index (χ3v) is 5.81. The van der Waals surface area contributed by atoms with Crippen LogP contribution in [0.1, 0.15) is 56.4 Å². The van der Waals surface area contributed by atoms with Crippen molar-refractivity contribution >= 4 is 28.6 Å². The van der Waals surface area contributed by atoms with Crippen LogP contribution in [-0.2, 0) is 6.54 Å². The number of aromatic nitrogens is 1. The summed E-state index contributed by atoms with van der Waals surface area (Å²) in [5, 5.41) is 20.9. The second-order valence-corrected chi connectivity index (χ2v) is 7.81. The smallest absolute Gasteiger partial charge is 0.273 e. The van der Waals surface area contributed by atoms with E-state index in [2.05, 4.69) is 10.5 Å². The molecular formula is C17H16N2O3S2. The summed E-state index contributed by atoms with van der Waals surface area (Å²) in [6.45, 7) is 0.408. The van der Waals surface area contributed by atoms with Crippen LogP contribution in [0.5, 0.6) is 0 Å². The zero-order valence-corrected chi connectivity index (χ0v) is 14.4. The van der Waals surface area contributed by atoms with Gasteiger partial charge in [-0.2, -0.15) is 11.3 Å². The van der Waals surface area contributed by atoms with Crippen LogP contribution in [0, 0.1) is 0 Å². The summed E-state index contributed by atoms with van der Waals surface area (Å²) in [6, 6.07) is 7.47. The average molecular weight is 360 g/mol. The molecule has 24 heavy (non-hydrogen) atoms. The van der Waals surface area contributed by atoms with E-state index >= 15 is 0 Å². The van der Waals surface area contributed by atoms with Gasteiger partial charge in [0.15, 0.2) is 5.69 Å². The van der Waals surface area contributed by atoms with Gasteiger partial charge in [0.2, 0.25) is 0 Å². The molecule has 1 aliphatic rings. The van der Waals surface area contributed by atoms with Crippen LogP contribution in [0.15, 0.2) is 39.5 Å². The summed E-state index contributed by atoms with van der Waals surface area (Å²) in [7, 11) is 0. The molecule has 1 unspecified atom stereocenters. The van der Waals surface area contributed by atoms with Gasteiger partial charge in [-0.15, -0.1) is 11.3 Å². The summed E-state index contributed by atoms with van der Waals surface area (Å²) in [4.78, 5) is 14.0. The SMILES string of the molecule is O=C(NCc1ccc(C(O)c2ccsc2)s1)c1cc(C2CC2)on1. The van der Waals surface area contributed by atoms with Gasteiger partial charge < -0.3 is 14.9 Å². The van der Waals surface area contributed by atoms with Gasteiger partial charge in [-0.25, -0.2) is 0 Å². The summed E-state index contributed by atoms with van der Waals surface area (Å²) in [5.74, 6) is 1.01. The van der Waals surface area contributed by atoms with Crippen LogP contribution >= 0.6 is 22.7 Å². The predicted molar refractivity (Wildman–Crippen MR) is 92.3 cm³/mol. The Balaban J connectivity index is 1.36. The van der Waals surface area contributed by atoms with E-state index in [0.29, 0.717) is 18.2 Å². The minimum Gasteiger partial charge on any atom is -0.383 e. The van der Waals surface area contributed by atoms with Crippen molar-refractivity contribution in [2.75, 3.05) is 0 Å². The second-order valence-electron chi connectivity index (χ2n) is 5.83. The van der Waals surface area contributed by atoms with E-state index in [1.54, 1.807) is 17.4 Å². The van der Waals surface area contributed by atoms with Gasteiger partial charge in [-0.1, -0.05) is 5.16 Å². The standard InChI is InChI=1S/C17H16N2O3S2/c20-16(11-5-6-23-9-11)15-4-3-12(24-15)8-18-17(21)13-7-14(22-19-13)10-1-2-10/h3-7,9-10,16,20H,1-2,8H2,(H,18,21). The molecule has 1 atom stereocenters. The number of aliphatic hydroxyl groups is 1. The Labute approximate surface area is 146 Å². The highest BCUT2D eigenvalue weighted by Gasteiger charge is 2.28. The highest BCUT2D eigenvalue weighted by molar-refractivity contribution is 7.12. The van der Waals surface area contributed by atoms with E-state index in [0.717, 1.165) is 33.9 Å². The van der Waals surface area contributed by atoms with Crippen molar-refractivity contribution in [3.05, 3.63) is 61.8 Å². The van der Waals surface area contributed by atoms with Crippen LogP contribution in [0.3, 0.4) is 0 Å². The van der Waals surface area contributed by atoms with Crippen molar-refractivity contribution in [3.63, 3.8) is 0 Å². The van der Waals surface area contributed by atoms with Crippen LogP contribution in [-0.4, -0.2) is 16.2 Å². The Morgan fingerprint density at radius 1 is 1.42 bits per heavy atom. The number of hydrogen-bond acceptors (Lipinski definition) is 6. The molecule has 3 aromatic heterocycles. The van der Waals surface area contributed by atoms with E-state index in [-0.39, 0.29) is 5.91 Å². The number of rotatable bonds is 6. The van der Waals surface area contributed by atoms with Crippen LogP contribution in [0.2, 0.25) is 0 Å². The minimum atomic E-state index is -0.609. The van der Waals surface area contributed by atoms with Crippen molar-refractivity contribution in [3.8, 4) is 0 Å². The van der Waals surface area contributed by atoms with Gasteiger partial charge >= 0.3 is 0 Å². The Kier molecular flexibility index (Phi) is 4.22. The fraction of sp³-hybridized carbons (Fsp3) is 0.294. The summed E-state index contributed by atoms with van der Waals surface area (Å²) in [5.41, 5.74) is 1.22. The number of aliphatic hydroxyl groups excluding tert-OH is 1. The zero-order valence-electron chi connectivity index (χ0n) is 12.8. The zero-order chi connectivity index (χ0) is 16.5. The summed E-state index contributed by atoms with van der Waals surface area (Å²) < 4.78 is 5.20. The van der Waals surface area contributed by atoms with Crippen molar-refractivity contribution in [2.45, 2.75) is 31.4 Å². The monoisotopic (exact) mass is 360 g/mol. The number of carbonyl (C=O) groups is 1. The first kappa shape index (κ1) is 15.6. The number of carbonyl (C=O) groups excluding carboxylic acids is 1. The number of nitrogens with zero attached hydrogens (tertiary/aromatic N) is 1. The number of thiophene rings is 2. The van der Waals surface area contributed by atoms with Gasteiger partial charge in [-0.05, 0) is 47.4 Å². The Hall–Kier alpha value is -1.96. The number of nitrogens with one attached hydrogen (secondary N) is 1. The lowest BCUT2D eigenvalue weighted by Crippen LogP contribution is -2.22. The second kappa shape index (κ2) is 6.51. The molecule has 2 N–H and O–H groups in total. The van der Waals surface area contributed by atoms with Gasteiger partial charge in [0.1, 0.15) is 11.9 Å². The molecule has 3 heterocycles. The third-order valence-electron chi connectivity index (χ3n) is 3.97. The third kappa shape index (κ3) is 3.28. The van der Waals surface area contributed by atoms with E-state index in [1.165, 1.54) is 11.3 Å². The molecular weight excluding hydrogens is 344 g/mol. The number of amides is 1. The first-order chi connectivity index (χ1) is 11.7. The highest BCUT2D eigenvalue weighted by atomic mass is 32.1. The molecule has 5 nitrogen and oxygen atoms in total. The molecule has 0 radical (unpaired) electrons.